The summed E-state index contributed by atoms with van der Waals surface area (Å²) in [7, 11) is 0. The Balaban J connectivity index is 1.92. The number of ether oxygens (including phenoxy) is 1. The molecule has 4 nitrogen and oxygen atoms in total. The van der Waals surface area contributed by atoms with E-state index in [4.69, 9.17) is 4.74 Å². The summed E-state index contributed by atoms with van der Waals surface area (Å²) in [6.45, 7) is 2.02. The van der Waals surface area contributed by atoms with Crippen LogP contribution in [0.15, 0.2) is 6.07 Å². The number of esters is 1. The number of aryl methyl sites for hydroxylation is 2. The van der Waals surface area contributed by atoms with Crippen LogP contribution in [-0.2, 0) is 22.4 Å². The summed E-state index contributed by atoms with van der Waals surface area (Å²) in [6.07, 6.45) is 4.55. The zero-order valence-corrected chi connectivity index (χ0v) is 11.3. The molecular formula is C13H17NO3S. The second kappa shape index (κ2) is 6.00. The summed E-state index contributed by atoms with van der Waals surface area (Å²) in [4.78, 5) is 25.0. The predicted octanol–water partition coefficient (Wildman–Crippen LogP) is 1.92. The largest absolute Gasteiger partial charge is 0.465 e. The van der Waals surface area contributed by atoms with E-state index in [0.29, 0.717) is 11.5 Å². The van der Waals surface area contributed by atoms with Gasteiger partial charge in [-0.25, -0.2) is 0 Å². The van der Waals surface area contributed by atoms with Crippen molar-refractivity contribution in [3.05, 3.63) is 21.4 Å². The molecule has 0 saturated heterocycles. The summed E-state index contributed by atoms with van der Waals surface area (Å²) in [5.74, 6) is -0.574. The Kier molecular flexibility index (Phi) is 4.36. The van der Waals surface area contributed by atoms with E-state index >= 15 is 0 Å². The molecule has 1 heterocycles. The average Bonchev–Trinajstić information content (AvgIpc) is 2.80. The highest BCUT2D eigenvalue weighted by Gasteiger charge is 2.17. The Morgan fingerprint density at radius 2 is 2.17 bits per heavy atom. The zero-order valence-electron chi connectivity index (χ0n) is 10.5. The molecule has 1 aliphatic carbocycles. The minimum atomic E-state index is -0.396. The van der Waals surface area contributed by atoms with Crippen LogP contribution in [0.2, 0.25) is 0 Å². The molecular weight excluding hydrogens is 250 g/mol. The first-order valence-corrected chi connectivity index (χ1v) is 7.07. The SMILES string of the molecule is CCOC(=O)CNC(=O)c1cc2c(s1)CCCC2. The van der Waals surface area contributed by atoms with Gasteiger partial charge < -0.3 is 10.1 Å². The molecule has 1 aliphatic rings. The number of thiophene rings is 1. The third-order valence-corrected chi connectivity index (χ3v) is 4.15. The Bertz CT molecular complexity index is 430. The number of hydrogen-bond acceptors (Lipinski definition) is 4. The highest BCUT2D eigenvalue weighted by atomic mass is 32.1. The van der Waals surface area contributed by atoms with Crippen molar-refractivity contribution in [2.45, 2.75) is 32.6 Å². The van der Waals surface area contributed by atoms with Crippen LogP contribution in [0.3, 0.4) is 0 Å². The van der Waals surface area contributed by atoms with Gasteiger partial charge in [0.2, 0.25) is 0 Å². The second-order valence-corrected chi connectivity index (χ2v) is 5.39. The van der Waals surface area contributed by atoms with Crippen LogP contribution in [0.4, 0.5) is 0 Å². The lowest BCUT2D eigenvalue weighted by Crippen LogP contribution is -2.30. The summed E-state index contributed by atoms with van der Waals surface area (Å²) in [5.41, 5.74) is 1.30. The van der Waals surface area contributed by atoms with Gasteiger partial charge in [0.1, 0.15) is 6.54 Å². The van der Waals surface area contributed by atoms with Crippen molar-refractivity contribution in [2.24, 2.45) is 0 Å². The van der Waals surface area contributed by atoms with Gasteiger partial charge in [-0.15, -0.1) is 11.3 Å². The lowest BCUT2D eigenvalue weighted by atomic mass is 9.99. The lowest BCUT2D eigenvalue weighted by Gasteiger charge is -2.08. The Labute approximate surface area is 110 Å². The summed E-state index contributed by atoms with van der Waals surface area (Å²) >= 11 is 1.54. The second-order valence-electron chi connectivity index (χ2n) is 4.25. The molecule has 1 amide bonds. The maximum atomic E-state index is 11.9. The van der Waals surface area contributed by atoms with Crippen molar-refractivity contribution >= 4 is 23.2 Å². The normalized spacial score (nSPS) is 13.8. The number of fused-ring (bicyclic) bond motifs is 1. The Hall–Kier alpha value is -1.36. The van der Waals surface area contributed by atoms with E-state index in [1.807, 2.05) is 6.07 Å². The van der Waals surface area contributed by atoms with E-state index in [-0.39, 0.29) is 12.5 Å². The molecule has 0 spiro atoms. The maximum absolute atomic E-state index is 11.9. The fraction of sp³-hybridized carbons (Fsp3) is 0.538. The van der Waals surface area contributed by atoms with Crippen LogP contribution in [0.5, 0.6) is 0 Å². The van der Waals surface area contributed by atoms with Crippen molar-refractivity contribution in [2.75, 3.05) is 13.2 Å². The van der Waals surface area contributed by atoms with Crippen LogP contribution >= 0.6 is 11.3 Å². The summed E-state index contributed by atoms with van der Waals surface area (Å²) in [6, 6.07) is 1.96. The van der Waals surface area contributed by atoms with Crippen LogP contribution in [-0.4, -0.2) is 25.0 Å². The van der Waals surface area contributed by atoms with Gasteiger partial charge in [0.15, 0.2) is 0 Å². The van der Waals surface area contributed by atoms with Gasteiger partial charge in [-0.05, 0) is 44.2 Å². The third-order valence-electron chi connectivity index (χ3n) is 2.92. The quantitative estimate of drug-likeness (QED) is 0.848. The number of rotatable bonds is 4. The molecule has 1 N–H and O–H groups in total. The van der Waals surface area contributed by atoms with E-state index in [2.05, 4.69) is 5.32 Å². The van der Waals surface area contributed by atoms with Gasteiger partial charge in [-0.1, -0.05) is 0 Å². The molecule has 0 unspecified atom stereocenters. The molecule has 0 aliphatic heterocycles. The molecule has 98 valence electrons. The molecule has 2 rings (SSSR count). The number of nitrogens with one attached hydrogen (secondary N) is 1. The van der Waals surface area contributed by atoms with Crippen molar-refractivity contribution in [1.82, 2.24) is 5.32 Å². The fourth-order valence-corrected chi connectivity index (χ4v) is 3.22. The Morgan fingerprint density at radius 1 is 1.39 bits per heavy atom. The first kappa shape index (κ1) is 13.1. The van der Waals surface area contributed by atoms with Crippen molar-refractivity contribution in [3.63, 3.8) is 0 Å². The Morgan fingerprint density at radius 3 is 2.89 bits per heavy atom. The van der Waals surface area contributed by atoms with Crippen molar-refractivity contribution in [1.29, 1.82) is 0 Å². The molecule has 0 atom stereocenters. The van der Waals surface area contributed by atoms with Gasteiger partial charge in [-0.3, -0.25) is 9.59 Å². The van der Waals surface area contributed by atoms with E-state index in [1.165, 1.54) is 23.3 Å². The maximum Gasteiger partial charge on any atom is 0.325 e. The van der Waals surface area contributed by atoms with Crippen LogP contribution < -0.4 is 5.32 Å². The number of carbonyl (C=O) groups is 2. The van der Waals surface area contributed by atoms with Gasteiger partial charge >= 0.3 is 5.97 Å². The van der Waals surface area contributed by atoms with Gasteiger partial charge in [0, 0.05) is 4.88 Å². The van der Waals surface area contributed by atoms with E-state index in [0.717, 1.165) is 12.8 Å². The molecule has 0 saturated carbocycles. The molecule has 0 fully saturated rings. The van der Waals surface area contributed by atoms with Gasteiger partial charge in [0.25, 0.3) is 5.91 Å². The van der Waals surface area contributed by atoms with Gasteiger partial charge in [0.05, 0.1) is 11.5 Å². The summed E-state index contributed by atoms with van der Waals surface area (Å²) in [5, 5.41) is 2.59. The number of hydrogen-bond donors (Lipinski definition) is 1. The summed E-state index contributed by atoms with van der Waals surface area (Å²) < 4.78 is 4.76. The van der Waals surface area contributed by atoms with Crippen LogP contribution in [0.1, 0.15) is 39.9 Å². The van der Waals surface area contributed by atoms with E-state index < -0.39 is 5.97 Å². The molecule has 0 bridgehead atoms. The minimum absolute atomic E-state index is 0.0603. The first-order valence-electron chi connectivity index (χ1n) is 6.26. The lowest BCUT2D eigenvalue weighted by molar-refractivity contribution is -0.141. The molecule has 0 aromatic carbocycles. The van der Waals surface area contributed by atoms with Crippen molar-refractivity contribution in [3.8, 4) is 0 Å². The molecule has 18 heavy (non-hydrogen) atoms. The number of carbonyl (C=O) groups excluding carboxylic acids is 2. The van der Waals surface area contributed by atoms with Gasteiger partial charge in [-0.2, -0.15) is 0 Å². The first-order chi connectivity index (χ1) is 8.70. The predicted molar refractivity (Wildman–Crippen MR) is 69.9 cm³/mol. The molecule has 1 aromatic heterocycles. The smallest absolute Gasteiger partial charge is 0.325 e. The molecule has 1 aromatic rings. The average molecular weight is 267 g/mol. The van der Waals surface area contributed by atoms with E-state index in [1.54, 1.807) is 18.3 Å². The zero-order chi connectivity index (χ0) is 13.0. The van der Waals surface area contributed by atoms with E-state index in [9.17, 15) is 9.59 Å². The van der Waals surface area contributed by atoms with Crippen LogP contribution in [0, 0.1) is 0 Å². The number of amides is 1. The monoisotopic (exact) mass is 267 g/mol. The third kappa shape index (κ3) is 3.10. The highest BCUT2D eigenvalue weighted by molar-refractivity contribution is 7.14. The highest BCUT2D eigenvalue weighted by Crippen LogP contribution is 2.29. The topological polar surface area (TPSA) is 55.4 Å². The minimum Gasteiger partial charge on any atom is -0.465 e. The molecule has 5 heteroatoms. The fourth-order valence-electron chi connectivity index (χ4n) is 2.05. The van der Waals surface area contributed by atoms with Crippen molar-refractivity contribution < 1.29 is 14.3 Å². The molecule has 0 radical (unpaired) electrons. The van der Waals surface area contributed by atoms with Crippen LogP contribution in [0.25, 0.3) is 0 Å². The standard InChI is InChI=1S/C13H17NO3S/c1-2-17-12(15)8-14-13(16)11-7-9-5-3-4-6-10(9)18-11/h7H,2-6,8H2,1H3,(H,14,16).